The Morgan fingerprint density at radius 3 is 2.75 bits per heavy atom. The molecule has 0 fully saturated rings. The zero-order valence-electron chi connectivity index (χ0n) is 11.1. The van der Waals surface area contributed by atoms with Gasteiger partial charge in [0.2, 0.25) is 0 Å². The monoisotopic (exact) mass is 332 g/mol. The number of nitrogens with zero attached hydrogens (tertiary/aromatic N) is 1. The highest BCUT2D eigenvalue weighted by Crippen LogP contribution is 2.20. The Labute approximate surface area is 126 Å². The van der Waals surface area contributed by atoms with Crippen molar-refractivity contribution in [2.75, 3.05) is 11.9 Å². The molecule has 2 aromatic rings. The smallest absolute Gasteiger partial charge is 0.123 e. The summed E-state index contributed by atoms with van der Waals surface area (Å²) in [6.45, 7) is 2.60. The van der Waals surface area contributed by atoms with Crippen molar-refractivity contribution in [2.45, 2.75) is 13.3 Å². The van der Waals surface area contributed by atoms with Gasteiger partial charge < -0.3 is 5.32 Å². The number of benzene rings is 2. The number of halogens is 2. The number of rotatable bonds is 4. The molecular formula is C16H14BrFN2. The van der Waals surface area contributed by atoms with Crippen molar-refractivity contribution in [1.82, 2.24) is 0 Å². The van der Waals surface area contributed by atoms with Gasteiger partial charge in [-0.3, -0.25) is 0 Å². The number of nitrogens with one attached hydrogen (secondary N) is 1. The third-order valence-electron chi connectivity index (χ3n) is 3.12. The van der Waals surface area contributed by atoms with E-state index in [0.29, 0.717) is 12.1 Å². The predicted octanol–water partition coefficient (Wildman–Crippen LogP) is 4.42. The fourth-order valence-electron chi connectivity index (χ4n) is 2.03. The molecule has 0 aromatic heterocycles. The lowest BCUT2D eigenvalue weighted by molar-refractivity contribution is 0.625. The molecule has 1 N–H and O–H groups in total. The minimum absolute atomic E-state index is 0.209. The maximum Gasteiger partial charge on any atom is 0.123 e. The lowest BCUT2D eigenvalue weighted by atomic mass is 10.1. The summed E-state index contributed by atoms with van der Waals surface area (Å²) in [5, 5.41) is 12.3. The molecule has 0 saturated heterocycles. The van der Waals surface area contributed by atoms with Crippen LogP contribution in [0.25, 0.3) is 0 Å². The molecule has 0 unspecified atom stereocenters. The van der Waals surface area contributed by atoms with Crippen LogP contribution in [0.1, 0.15) is 16.7 Å². The summed E-state index contributed by atoms with van der Waals surface area (Å²) in [7, 11) is 0. The van der Waals surface area contributed by atoms with Gasteiger partial charge in [0.25, 0.3) is 0 Å². The third-order valence-corrected chi connectivity index (χ3v) is 3.61. The van der Waals surface area contributed by atoms with Crippen LogP contribution in [0.3, 0.4) is 0 Å². The average Bonchev–Trinajstić information content (AvgIpc) is 2.42. The molecule has 0 saturated carbocycles. The minimum Gasteiger partial charge on any atom is -0.384 e. The topological polar surface area (TPSA) is 35.8 Å². The molecule has 0 amide bonds. The Bertz CT molecular complexity index is 662. The van der Waals surface area contributed by atoms with Gasteiger partial charge in [0.1, 0.15) is 11.9 Å². The van der Waals surface area contributed by atoms with E-state index >= 15 is 0 Å². The highest BCUT2D eigenvalue weighted by molar-refractivity contribution is 9.10. The summed E-state index contributed by atoms with van der Waals surface area (Å²) in [5.74, 6) is -0.209. The molecule has 0 atom stereocenters. The highest BCUT2D eigenvalue weighted by atomic mass is 79.9. The van der Waals surface area contributed by atoms with Crippen LogP contribution in [0.2, 0.25) is 0 Å². The van der Waals surface area contributed by atoms with Crippen LogP contribution in [0.15, 0.2) is 40.9 Å². The number of anilines is 1. The summed E-state index contributed by atoms with van der Waals surface area (Å²) < 4.78 is 13.9. The number of aryl methyl sites for hydroxylation is 1. The molecule has 2 aromatic carbocycles. The second-order valence-electron chi connectivity index (χ2n) is 4.55. The second-order valence-corrected chi connectivity index (χ2v) is 5.46. The molecule has 2 nitrogen and oxygen atoms in total. The molecule has 0 heterocycles. The van der Waals surface area contributed by atoms with Gasteiger partial charge in [-0.05, 0) is 54.8 Å². The number of hydrogen-bond donors (Lipinski definition) is 1. The molecule has 0 aliphatic carbocycles. The van der Waals surface area contributed by atoms with Crippen LogP contribution in [-0.2, 0) is 6.42 Å². The summed E-state index contributed by atoms with van der Waals surface area (Å²) >= 11 is 3.34. The maximum absolute atomic E-state index is 13.0. The van der Waals surface area contributed by atoms with Crippen LogP contribution in [0.5, 0.6) is 0 Å². The fraction of sp³-hybridized carbons (Fsp3) is 0.188. The first-order valence-corrected chi connectivity index (χ1v) is 7.08. The Morgan fingerprint density at radius 1 is 1.25 bits per heavy atom. The lowest BCUT2D eigenvalue weighted by Crippen LogP contribution is -2.07. The van der Waals surface area contributed by atoms with Crippen LogP contribution in [-0.4, -0.2) is 6.54 Å². The normalized spacial score (nSPS) is 10.1. The molecule has 0 spiro atoms. The molecular weight excluding hydrogens is 319 g/mol. The summed E-state index contributed by atoms with van der Waals surface area (Å²) in [5.41, 5.74) is 3.48. The molecule has 0 aliphatic heterocycles. The van der Waals surface area contributed by atoms with Crippen molar-refractivity contribution < 1.29 is 4.39 Å². The van der Waals surface area contributed by atoms with E-state index in [4.69, 9.17) is 5.26 Å². The van der Waals surface area contributed by atoms with Crippen LogP contribution >= 0.6 is 15.9 Å². The quantitative estimate of drug-likeness (QED) is 0.899. The lowest BCUT2D eigenvalue weighted by Gasteiger charge is -2.10. The van der Waals surface area contributed by atoms with Gasteiger partial charge >= 0.3 is 0 Å². The third kappa shape index (κ3) is 3.58. The maximum atomic E-state index is 13.0. The van der Waals surface area contributed by atoms with E-state index in [1.54, 1.807) is 12.1 Å². The summed E-state index contributed by atoms with van der Waals surface area (Å²) in [6.07, 6.45) is 0.785. The van der Waals surface area contributed by atoms with E-state index in [1.165, 1.54) is 12.1 Å². The second kappa shape index (κ2) is 6.53. The van der Waals surface area contributed by atoms with Gasteiger partial charge in [-0.1, -0.05) is 22.0 Å². The van der Waals surface area contributed by atoms with Crippen molar-refractivity contribution in [3.8, 4) is 6.07 Å². The van der Waals surface area contributed by atoms with Gasteiger partial charge in [0, 0.05) is 11.0 Å². The molecule has 4 heteroatoms. The number of nitriles is 1. The van der Waals surface area contributed by atoms with Crippen molar-refractivity contribution >= 4 is 21.6 Å². The number of hydrogen-bond acceptors (Lipinski definition) is 2. The first kappa shape index (κ1) is 14.5. The van der Waals surface area contributed by atoms with Crippen molar-refractivity contribution in [1.29, 1.82) is 5.26 Å². The van der Waals surface area contributed by atoms with Gasteiger partial charge in [-0.15, -0.1) is 0 Å². The minimum atomic E-state index is -0.209. The average molecular weight is 333 g/mol. The van der Waals surface area contributed by atoms with Crippen molar-refractivity contribution in [3.63, 3.8) is 0 Å². The van der Waals surface area contributed by atoms with Crippen molar-refractivity contribution in [2.24, 2.45) is 0 Å². The molecule has 0 aliphatic rings. The zero-order valence-corrected chi connectivity index (χ0v) is 12.7. The fourth-order valence-corrected chi connectivity index (χ4v) is 2.40. The zero-order chi connectivity index (χ0) is 14.5. The predicted molar refractivity (Wildman–Crippen MR) is 82.2 cm³/mol. The Hall–Kier alpha value is -1.86. The molecule has 2 rings (SSSR count). The van der Waals surface area contributed by atoms with Crippen LogP contribution in [0.4, 0.5) is 10.1 Å². The molecule has 20 heavy (non-hydrogen) atoms. The summed E-state index contributed by atoms with van der Waals surface area (Å²) in [4.78, 5) is 0. The molecule has 0 bridgehead atoms. The van der Waals surface area contributed by atoms with Crippen LogP contribution < -0.4 is 5.32 Å². The van der Waals surface area contributed by atoms with Crippen molar-refractivity contribution in [3.05, 3.63) is 63.4 Å². The van der Waals surface area contributed by atoms with E-state index in [9.17, 15) is 4.39 Å². The Kier molecular flexibility index (Phi) is 4.75. The van der Waals surface area contributed by atoms with E-state index in [0.717, 1.165) is 27.7 Å². The van der Waals surface area contributed by atoms with E-state index in [-0.39, 0.29) is 5.82 Å². The van der Waals surface area contributed by atoms with Crippen LogP contribution in [0, 0.1) is 24.1 Å². The Morgan fingerprint density at radius 2 is 2.05 bits per heavy atom. The molecule has 0 radical (unpaired) electrons. The van der Waals surface area contributed by atoms with E-state index in [1.807, 2.05) is 19.1 Å². The standard InChI is InChI=1S/C16H14BrFN2/c1-11-8-15(18)4-2-12(11)6-7-20-16-5-3-14(17)9-13(16)10-19/h2-5,8-9,20H,6-7H2,1H3. The summed E-state index contributed by atoms with van der Waals surface area (Å²) in [6, 6.07) is 12.5. The largest absolute Gasteiger partial charge is 0.384 e. The Balaban J connectivity index is 2.01. The first-order valence-electron chi connectivity index (χ1n) is 6.28. The van der Waals surface area contributed by atoms with Gasteiger partial charge in [0.05, 0.1) is 11.3 Å². The van der Waals surface area contributed by atoms with Gasteiger partial charge in [0.15, 0.2) is 0 Å². The SMILES string of the molecule is Cc1cc(F)ccc1CCNc1ccc(Br)cc1C#N. The van der Waals surface area contributed by atoms with Gasteiger partial charge in [-0.2, -0.15) is 5.26 Å². The van der Waals surface area contributed by atoms with E-state index in [2.05, 4.69) is 27.3 Å². The first-order chi connectivity index (χ1) is 9.60. The highest BCUT2D eigenvalue weighted by Gasteiger charge is 2.03. The van der Waals surface area contributed by atoms with Gasteiger partial charge in [-0.25, -0.2) is 4.39 Å². The molecule has 102 valence electrons. The van der Waals surface area contributed by atoms with E-state index < -0.39 is 0 Å².